The molecule has 0 saturated heterocycles. The highest BCUT2D eigenvalue weighted by Gasteiger charge is 2.13. The fourth-order valence-electron chi connectivity index (χ4n) is 1.54. The average molecular weight is 276 g/mol. The van der Waals surface area contributed by atoms with E-state index in [1.165, 1.54) is 18.3 Å². The number of hydrogen-bond donors (Lipinski definition) is 3. The lowest BCUT2D eigenvalue weighted by molar-refractivity contribution is 0.0696. The molecule has 0 aliphatic carbocycles. The summed E-state index contributed by atoms with van der Waals surface area (Å²) in [5.74, 6) is -2.96. The highest BCUT2D eigenvalue weighted by atomic mass is 19.1. The number of amides is 1. The van der Waals surface area contributed by atoms with Crippen LogP contribution in [-0.2, 0) is 0 Å². The Morgan fingerprint density at radius 2 is 2.00 bits per heavy atom. The molecule has 102 valence electrons. The van der Waals surface area contributed by atoms with E-state index in [9.17, 15) is 18.8 Å². The molecule has 2 aromatic rings. The molecule has 0 aliphatic heterocycles. The minimum Gasteiger partial charge on any atom is -0.478 e. The molecular weight excluding hydrogens is 267 g/mol. The van der Waals surface area contributed by atoms with Crippen molar-refractivity contribution < 1.29 is 19.1 Å². The van der Waals surface area contributed by atoms with Crippen LogP contribution in [0.5, 0.6) is 0 Å². The predicted octanol–water partition coefficient (Wildman–Crippen LogP) is 1.46. The highest BCUT2D eigenvalue weighted by molar-refractivity contribution is 6.04. The molecule has 7 heteroatoms. The van der Waals surface area contributed by atoms with Crippen molar-refractivity contribution in [2.45, 2.75) is 0 Å². The van der Waals surface area contributed by atoms with E-state index < -0.39 is 23.3 Å². The van der Waals surface area contributed by atoms with Gasteiger partial charge in [-0.25, -0.2) is 9.18 Å². The van der Waals surface area contributed by atoms with Crippen LogP contribution in [0.4, 0.5) is 10.1 Å². The normalized spacial score (nSPS) is 10.1. The van der Waals surface area contributed by atoms with Crippen LogP contribution in [0.25, 0.3) is 0 Å². The van der Waals surface area contributed by atoms with Gasteiger partial charge < -0.3 is 15.4 Å². The Balaban J connectivity index is 2.27. The number of benzene rings is 1. The van der Waals surface area contributed by atoms with Crippen molar-refractivity contribution in [3.8, 4) is 0 Å². The number of anilines is 1. The molecule has 1 heterocycles. The first-order valence-electron chi connectivity index (χ1n) is 5.51. The van der Waals surface area contributed by atoms with Crippen LogP contribution in [0.15, 0.2) is 41.3 Å². The molecule has 0 radical (unpaired) electrons. The maximum atomic E-state index is 13.6. The van der Waals surface area contributed by atoms with E-state index in [4.69, 9.17) is 5.11 Å². The second kappa shape index (κ2) is 5.35. The molecule has 0 unspecified atom stereocenters. The van der Waals surface area contributed by atoms with Crippen LogP contribution >= 0.6 is 0 Å². The Labute approximate surface area is 111 Å². The van der Waals surface area contributed by atoms with Crippen molar-refractivity contribution >= 4 is 17.6 Å². The first-order chi connectivity index (χ1) is 9.49. The number of carbonyl (C=O) groups excluding carboxylic acids is 1. The Hall–Kier alpha value is -2.96. The molecule has 3 N–H and O–H groups in total. The van der Waals surface area contributed by atoms with Crippen LogP contribution in [-0.4, -0.2) is 22.0 Å². The number of aromatic carboxylic acids is 1. The molecule has 0 atom stereocenters. The minimum atomic E-state index is -1.28. The van der Waals surface area contributed by atoms with Crippen molar-refractivity contribution in [2.24, 2.45) is 0 Å². The molecular formula is C13H9FN2O4. The second-order valence-corrected chi connectivity index (χ2v) is 3.87. The van der Waals surface area contributed by atoms with Crippen molar-refractivity contribution in [2.75, 3.05) is 5.32 Å². The number of hydrogen-bond acceptors (Lipinski definition) is 3. The summed E-state index contributed by atoms with van der Waals surface area (Å²) in [7, 11) is 0. The highest BCUT2D eigenvalue weighted by Crippen LogP contribution is 2.16. The van der Waals surface area contributed by atoms with Crippen LogP contribution in [0.2, 0.25) is 0 Å². The van der Waals surface area contributed by atoms with E-state index in [1.807, 2.05) is 0 Å². The average Bonchev–Trinajstić information content (AvgIpc) is 2.41. The van der Waals surface area contributed by atoms with Crippen molar-refractivity contribution in [1.82, 2.24) is 4.98 Å². The summed E-state index contributed by atoms with van der Waals surface area (Å²) in [5, 5.41) is 10.9. The van der Waals surface area contributed by atoms with Gasteiger partial charge in [-0.3, -0.25) is 9.59 Å². The third kappa shape index (κ3) is 2.72. The van der Waals surface area contributed by atoms with Gasteiger partial charge in [0.25, 0.3) is 11.5 Å². The fourth-order valence-corrected chi connectivity index (χ4v) is 1.54. The van der Waals surface area contributed by atoms with Gasteiger partial charge in [0.1, 0.15) is 11.4 Å². The predicted molar refractivity (Wildman–Crippen MR) is 68.4 cm³/mol. The van der Waals surface area contributed by atoms with Crippen LogP contribution in [0.1, 0.15) is 20.7 Å². The molecule has 0 spiro atoms. The smallest absolute Gasteiger partial charge is 0.335 e. The number of halogens is 1. The van der Waals surface area contributed by atoms with Gasteiger partial charge in [-0.15, -0.1) is 0 Å². The number of H-pyrrole nitrogens is 1. The molecule has 1 aromatic heterocycles. The maximum Gasteiger partial charge on any atom is 0.335 e. The summed E-state index contributed by atoms with van der Waals surface area (Å²) in [6.07, 6.45) is 1.36. The number of carboxylic acids is 1. The van der Waals surface area contributed by atoms with E-state index in [0.717, 1.165) is 18.2 Å². The van der Waals surface area contributed by atoms with Crippen molar-refractivity contribution in [3.63, 3.8) is 0 Å². The van der Waals surface area contributed by atoms with Gasteiger partial charge in [0.05, 0.1) is 11.3 Å². The number of nitrogens with one attached hydrogen (secondary N) is 2. The van der Waals surface area contributed by atoms with Gasteiger partial charge in [-0.1, -0.05) is 0 Å². The third-order valence-electron chi connectivity index (χ3n) is 2.53. The van der Waals surface area contributed by atoms with E-state index >= 15 is 0 Å². The summed E-state index contributed by atoms with van der Waals surface area (Å²) in [4.78, 5) is 36.2. The second-order valence-electron chi connectivity index (χ2n) is 3.87. The lowest BCUT2D eigenvalue weighted by Crippen LogP contribution is -2.22. The number of aromatic nitrogens is 1. The van der Waals surface area contributed by atoms with E-state index in [-0.39, 0.29) is 16.8 Å². The topological polar surface area (TPSA) is 99.3 Å². The van der Waals surface area contributed by atoms with Crippen LogP contribution < -0.4 is 10.9 Å². The van der Waals surface area contributed by atoms with Crippen molar-refractivity contribution in [1.29, 1.82) is 0 Å². The number of carboxylic acid groups (broad SMARTS) is 1. The molecule has 1 aromatic carbocycles. The molecule has 0 fully saturated rings. The van der Waals surface area contributed by atoms with E-state index in [0.29, 0.717) is 0 Å². The molecule has 6 nitrogen and oxygen atoms in total. The summed E-state index contributed by atoms with van der Waals surface area (Å²) in [6.45, 7) is 0. The first-order valence-corrected chi connectivity index (χ1v) is 5.51. The van der Waals surface area contributed by atoms with Gasteiger partial charge in [0.2, 0.25) is 0 Å². The van der Waals surface area contributed by atoms with Gasteiger partial charge in [-0.2, -0.15) is 0 Å². The van der Waals surface area contributed by atoms with Gasteiger partial charge >= 0.3 is 5.97 Å². The van der Waals surface area contributed by atoms with Crippen molar-refractivity contribution in [3.05, 3.63) is 63.8 Å². The van der Waals surface area contributed by atoms with E-state index in [2.05, 4.69) is 10.3 Å². The maximum absolute atomic E-state index is 13.6. The van der Waals surface area contributed by atoms with Crippen LogP contribution in [0, 0.1) is 5.82 Å². The molecule has 20 heavy (non-hydrogen) atoms. The van der Waals surface area contributed by atoms with Gasteiger partial charge in [-0.05, 0) is 30.3 Å². The third-order valence-corrected chi connectivity index (χ3v) is 2.53. The van der Waals surface area contributed by atoms with Gasteiger partial charge in [0.15, 0.2) is 0 Å². The zero-order chi connectivity index (χ0) is 14.7. The lowest BCUT2D eigenvalue weighted by atomic mass is 10.2. The summed E-state index contributed by atoms with van der Waals surface area (Å²) < 4.78 is 13.6. The Morgan fingerprint density at radius 3 is 2.60 bits per heavy atom. The molecule has 0 aliphatic rings. The Morgan fingerprint density at radius 1 is 1.25 bits per heavy atom. The summed E-state index contributed by atoms with van der Waals surface area (Å²) in [5.41, 5.74) is -1.22. The SMILES string of the molecule is O=C(O)c1ccc(NC(=O)c2ccc[nH]c2=O)c(F)c1. The number of rotatable bonds is 3. The van der Waals surface area contributed by atoms with Crippen LogP contribution in [0.3, 0.4) is 0 Å². The molecule has 0 saturated carbocycles. The zero-order valence-electron chi connectivity index (χ0n) is 10.0. The Kier molecular flexibility index (Phi) is 3.60. The number of aromatic amines is 1. The number of carbonyl (C=O) groups is 2. The molecule has 2 rings (SSSR count). The molecule has 1 amide bonds. The standard InChI is InChI=1S/C13H9FN2O4/c14-9-6-7(13(19)20)3-4-10(9)16-12(18)8-2-1-5-15-11(8)17/h1-6H,(H,15,17)(H,16,18)(H,19,20). The number of pyridine rings is 1. The quantitative estimate of drug-likeness (QED) is 0.790. The van der Waals surface area contributed by atoms with E-state index in [1.54, 1.807) is 0 Å². The van der Waals surface area contributed by atoms with Gasteiger partial charge in [0, 0.05) is 6.20 Å². The lowest BCUT2D eigenvalue weighted by Gasteiger charge is -2.06. The minimum absolute atomic E-state index is 0.172. The first kappa shape index (κ1) is 13.5. The Bertz CT molecular complexity index is 739. The fraction of sp³-hybridized carbons (Fsp3) is 0. The summed E-state index contributed by atoms with van der Waals surface area (Å²) in [6, 6.07) is 5.80. The zero-order valence-corrected chi connectivity index (χ0v) is 10.0. The largest absolute Gasteiger partial charge is 0.478 e. The monoisotopic (exact) mass is 276 g/mol. The summed E-state index contributed by atoms with van der Waals surface area (Å²) >= 11 is 0. The molecule has 0 bridgehead atoms.